The van der Waals surface area contributed by atoms with Gasteiger partial charge in [-0.1, -0.05) is 33.3 Å². The van der Waals surface area contributed by atoms with Gasteiger partial charge in [-0.2, -0.15) is 9.78 Å². The van der Waals surface area contributed by atoms with Crippen LogP contribution in [0.25, 0.3) is 17.1 Å². The Kier molecular flexibility index (Phi) is 6.22. The number of carbonyl (C=O) groups is 1. The number of nitrogens with two attached hydrogens (primary N) is 1. The molecular formula is C20H17BrN8O3. The summed E-state index contributed by atoms with van der Waals surface area (Å²) in [5.74, 6) is 0.226. The molecule has 162 valence electrons. The van der Waals surface area contributed by atoms with Gasteiger partial charge in [-0.05, 0) is 59.2 Å². The molecule has 1 amide bonds. The second-order valence-corrected chi connectivity index (χ2v) is 7.30. The first-order chi connectivity index (χ1) is 15.6. The predicted molar refractivity (Wildman–Crippen MR) is 119 cm³/mol. The lowest BCUT2D eigenvalue weighted by Gasteiger charge is -2.07. The van der Waals surface area contributed by atoms with Gasteiger partial charge in [-0.25, -0.2) is 10.1 Å². The number of carbonyl (C=O) groups excluding carboxylic acids is 1. The summed E-state index contributed by atoms with van der Waals surface area (Å²) in [6.07, 6.45) is 1.52. The Bertz CT molecular complexity index is 1270. The molecule has 4 aromatic rings. The molecule has 11 nitrogen and oxygen atoms in total. The minimum Gasteiger partial charge on any atom is -0.494 e. The van der Waals surface area contributed by atoms with Crippen LogP contribution in [0.15, 0.2) is 62.7 Å². The lowest BCUT2D eigenvalue weighted by molar-refractivity contribution is 0.0950. The quantitative estimate of drug-likeness (QED) is 0.293. The molecule has 0 aliphatic heterocycles. The molecule has 3 N–H and O–H groups in total. The highest BCUT2D eigenvalue weighted by molar-refractivity contribution is 9.10. The zero-order valence-corrected chi connectivity index (χ0v) is 18.4. The highest BCUT2D eigenvalue weighted by Crippen LogP contribution is 2.28. The summed E-state index contributed by atoms with van der Waals surface area (Å²) in [7, 11) is 0. The van der Waals surface area contributed by atoms with Gasteiger partial charge in [0.25, 0.3) is 5.91 Å². The number of benzene rings is 2. The fourth-order valence-electron chi connectivity index (χ4n) is 2.86. The van der Waals surface area contributed by atoms with E-state index in [-0.39, 0.29) is 17.3 Å². The second kappa shape index (κ2) is 9.39. The Morgan fingerprint density at radius 3 is 2.78 bits per heavy atom. The number of hydrazone groups is 1. The van der Waals surface area contributed by atoms with Gasteiger partial charge in [-0.15, -0.1) is 5.10 Å². The first-order valence-corrected chi connectivity index (χ1v) is 10.2. The SMILES string of the molecule is CCOc1ccc(-c2c(C(=O)N/N=C\c3cccc(Br)c3)nnn2-c2nonc2N)cc1. The predicted octanol–water partition coefficient (Wildman–Crippen LogP) is 2.82. The molecule has 0 aliphatic carbocycles. The van der Waals surface area contributed by atoms with Gasteiger partial charge < -0.3 is 10.5 Å². The van der Waals surface area contributed by atoms with Gasteiger partial charge in [0.2, 0.25) is 11.6 Å². The van der Waals surface area contributed by atoms with Crippen LogP contribution in [0.3, 0.4) is 0 Å². The Morgan fingerprint density at radius 1 is 1.28 bits per heavy atom. The van der Waals surface area contributed by atoms with Crippen molar-refractivity contribution in [2.75, 3.05) is 12.3 Å². The van der Waals surface area contributed by atoms with E-state index in [1.807, 2.05) is 31.2 Å². The summed E-state index contributed by atoms with van der Waals surface area (Å²) in [6.45, 7) is 2.42. The smallest absolute Gasteiger partial charge is 0.294 e. The molecular weight excluding hydrogens is 480 g/mol. The molecule has 0 radical (unpaired) electrons. The summed E-state index contributed by atoms with van der Waals surface area (Å²) in [4.78, 5) is 12.9. The lowest BCUT2D eigenvalue weighted by Crippen LogP contribution is -2.19. The van der Waals surface area contributed by atoms with Crippen molar-refractivity contribution in [3.63, 3.8) is 0 Å². The Balaban J connectivity index is 1.68. The molecule has 2 aromatic heterocycles. The number of ether oxygens (including phenoxy) is 1. The normalized spacial score (nSPS) is 11.1. The Morgan fingerprint density at radius 2 is 2.09 bits per heavy atom. The highest BCUT2D eigenvalue weighted by atomic mass is 79.9. The van der Waals surface area contributed by atoms with E-state index < -0.39 is 5.91 Å². The number of nitrogens with one attached hydrogen (secondary N) is 1. The van der Waals surface area contributed by atoms with Crippen molar-refractivity contribution in [1.29, 1.82) is 0 Å². The molecule has 32 heavy (non-hydrogen) atoms. The zero-order chi connectivity index (χ0) is 22.5. The number of halogens is 1. The van der Waals surface area contributed by atoms with E-state index in [1.54, 1.807) is 24.3 Å². The van der Waals surface area contributed by atoms with Crippen LogP contribution in [0.1, 0.15) is 23.0 Å². The van der Waals surface area contributed by atoms with Crippen molar-refractivity contribution in [2.45, 2.75) is 6.92 Å². The topological polar surface area (TPSA) is 146 Å². The fraction of sp³-hybridized carbons (Fsp3) is 0.100. The van der Waals surface area contributed by atoms with Gasteiger partial charge in [-0.3, -0.25) is 4.79 Å². The van der Waals surface area contributed by atoms with Gasteiger partial charge >= 0.3 is 0 Å². The van der Waals surface area contributed by atoms with Crippen LogP contribution in [0.4, 0.5) is 5.82 Å². The van der Waals surface area contributed by atoms with Crippen LogP contribution in [-0.2, 0) is 0 Å². The number of nitrogen functional groups attached to an aromatic ring is 1. The average Bonchev–Trinajstić information content (AvgIpc) is 3.40. The number of amides is 1. The third-order valence-electron chi connectivity index (χ3n) is 4.25. The van der Waals surface area contributed by atoms with Crippen molar-refractivity contribution < 1.29 is 14.2 Å². The second-order valence-electron chi connectivity index (χ2n) is 6.38. The number of rotatable bonds is 7. The largest absolute Gasteiger partial charge is 0.494 e. The molecule has 0 atom stereocenters. The van der Waals surface area contributed by atoms with E-state index in [9.17, 15) is 4.79 Å². The number of aromatic nitrogens is 5. The average molecular weight is 497 g/mol. The number of nitrogens with zero attached hydrogens (tertiary/aromatic N) is 6. The minimum atomic E-state index is -0.568. The molecule has 0 bridgehead atoms. The molecule has 12 heteroatoms. The fourth-order valence-corrected chi connectivity index (χ4v) is 3.28. The molecule has 2 aromatic carbocycles. The van der Waals surface area contributed by atoms with Crippen molar-refractivity contribution >= 4 is 33.9 Å². The van der Waals surface area contributed by atoms with E-state index in [0.29, 0.717) is 23.6 Å². The van der Waals surface area contributed by atoms with Gasteiger partial charge in [0.1, 0.15) is 11.4 Å². The summed E-state index contributed by atoms with van der Waals surface area (Å²) in [5.41, 5.74) is 10.1. The maximum atomic E-state index is 12.9. The number of hydrogen-bond acceptors (Lipinski definition) is 9. The van der Waals surface area contributed by atoms with Crippen molar-refractivity contribution in [3.8, 4) is 22.8 Å². The van der Waals surface area contributed by atoms with Crippen molar-refractivity contribution in [3.05, 3.63) is 64.3 Å². The van der Waals surface area contributed by atoms with Gasteiger partial charge in [0, 0.05) is 10.0 Å². The Labute approximate surface area is 190 Å². The highest BCUT2D eigenvalue weighted by Gasteiger charge is 2.25. The standard InChI is InChI=1S/C20H17BrN8O3/c1-2-31-15-8-6-13(7-9-15)17-16(24-28-29(17)19-18(22)26-32-27-19)20(30)25-23-11-12-4-3-5-14(21)10-12/h3-11H,2H2,1H3,(H2,22,26)(H,25,30)/b23-11-. The van der Waals surface area contributed by atoms with Crippen LogP contribution in [0.2, 0.25) is 0 Å². The van der Waals surface area contributed by atoms with Crippen LogP contribution in [-0.4, -0.2) is 44.0 Å². The van der Waals surface area contributed by atoms with Crippen LogP contribution >= 0.6 is 15.9 Å². The lowest BCUT2D eigenvalue weighted by atomic mass is 10.1. The van der Waals surface area contributed by atoms with Gasteiger partial charge in [0.15, 0.2) is 5.69 Å². The van der Waals surface area contributed by atoms with Crippen LogP contribution < -0.4 is 15.9 Å². The number of anilines is 1. The van der Waals surface area contributed by atoms with E-state index in [1.165, 1.54) is 10.9 Å². The van der Waals surface area contributed by atoms with E-state index in [2.05, 4.69) is 51.7 Å². The third-order valence-corrected chi connectivity index (χ3v) is 4.74. The number of hydrogen-bond donors (Lipinski definition) is 2. The molecule has 4 rings (SSSR count). The first-order valence-electron chi connectivity index (χ1n) is 9.43. The van der Waals surface area contributed by atoms with Crippen LogP contribution in [0.5, 0.6) is 5.75 Å². The third kappa shape index (κ3) is 4.49. The van der Waals surface area contributed by atoms with Gasteiger partial charge in [0.05, 0.1) is 12.8 Å². The molecule has 2 heterocycles. The molecule has 0 spiro atoms. The summed E-state index contributed by atoms with van der Waals surface area (Å²) in [5, 5.41) is 19.4. The summed E-state index contributed by atoms with van der Waals surface area (Å²) < 4.78 is 12.3. The molecule has 0 fully saturated rings. The van der Waals surface area contributed by atoms with E-state index in [0.717, 1.165) is 10.0 Å². The maximum Gasteiger partial charge on any atom is 0.294 e. The van der Waals surface area contributed by atoms with Crippen LogP contribution in [0, 0.1) is 0 Å². The maximum absolute atomic E-state index is 12.9. The first kappa shape index (κ1) is 21.2. The Hall–Kier alpha value is -4.06. The molecule has 0 aliphatic rings. The summed E-state index contributed by atoms with van der Waals surface area (Å²) >= 11 is 3.39. The minimum absolute atomic E-state index is 0.00159. The molecule has 0 unspecified atom stereocenters. The zero-order valence-electron chi connectivity index (χ0n) is 16.8. The van der Waals surface area contributed by atoms with Crippen molar-refractivity contribution in [2.24, 2.45) is 5.10 Å². The molecule has 0 saturated heterocycles. The summed E-state index contributed by atoms with van der Waals surface area (Å²) in [6, 6.07) is 14.5. The van der Waals surface area contributed by atoms with E-state index in [4.69, 9.17) is 10.5 Å². The van der Waals surface area contributed by atoms with Crippen molar-refractivity contribution in [1.82, 2.24) is 30.7 Å². The molecule has 0 saturated carbocycles. The van der Waals surface area contributed by atoms with E-state index >= 15 is 0 Å². The monoisotopic (exact) mass is 496 g/mol.